The highest BCUT2D eigenvalue weighted by Crippen LogP contribution is 2.14. The third kappa shape index (κ3) is 4.30. The molecule has 0 saturated carbocycles. The molecule has 0 heterocycles. The van der Waals surface area contributed by atoms with Crippen LogP contribution in [0.15, 0.2) is 70.8 Å². The summed E-state index contributed by atoms with van der Waals surface area (Å²) in [5.41, 5.74) is 1.27. The Morgan fingerprint density at radius 1 is 1.05 bits per heavy atom. The SMILES string of the molecule is COC(=O)/C(=C/C(=O)c1ccc(Br)cc1)Nc1ccccc1. The Kier molecular flexibility index (Phi) is 5.49. The number of anilines is 1. The third-order valence-electron chi connectivity index (χ3n) is 2.86. The number of carbonyl (C=O) groups excluding carboxylic acids is 2. The first-order valence-corrected chi connectivity index (χ1v) is 7.31. The third-order valence-corrected chi connectivity index (χ3v) is 3.39. The zero-order valence-electron chi connectivity index (χ0n) is 11.9. The predicted molar refractivity (Wildman–Crippen MR) is 88.6 cm³/mol. The quantitative estimate of drug-likeness (QED) is 0.501. The molecule has 0 spiro atoms. The number of hydrogen-bond donors (Lipinski definition) is 1. The van der Waals surface area contributed by atoms with Crippen LogP contribution in [0, 0.1) is 0 Å². The molecule has 0 bridgehead atoms. The van der Waals surface area contributed by atoms with Crippen molar-refractivity contribution in [2.24, 2.45) is 0 Å². The first-order chi connectivity index (χ1) is 10.6. The molecule has 0 radical (unpaired) electrons. The van der Waals surface area contributed by atoms with E-state index < -0.39 is 5.97 Å². The average Bonchev–Trinajstić information content (AvgIpc) is 2.55. The summed E-state index contributed by atoms with van der Waals surface area (Å²) in [6.45, 7) is 0. The summed E-state index contributed by atoms with van der Waals surface area (Å²) < 4.78 is 5.59. The lowest BCUT2D eigenvalue weighted by Gasteiger charge is -2.09. The number of ketones is 1. The summed E-state index contributed by atoms with van der Waals surface area (Å²) in [6.07, 6.45) is 1.24. The molecule has 4 nitrogen and oxygen atoms in total. The molecular formula is C17H14BrNO3. The van der Waals surface area contributed by atoms with E-state index in [0.717, 1.165) is 4.47 Å². The molecule has 0 atom stereocenters. The van der Waals surface area contributed by atoms with Gasteiger partial charge in [-0.25, -0.2) is 4.79 Å². The highest BCUT2D eigenvalue weighted by Gasteiger charge is 2.13. The number of benzene rings is 2. The smallest absolute Gasteiger partial charge is 0.354 e. The summed E-state index contributed by atoms with van der Waals surface area (Å²) in [5, 5.41) is 2.90. The van der Waals surface area contributed by atoms with Crippen LogP contribution in [0.4, 0.5) is 5.69 Å². The van der Waals surface area contributed by atoms with Gasteiger partial charge in [0.05, 0.1) is 7.11 Å². The lowest BCUT2D eigenvalue weighted by atomic mass is 10.1. The van der Waals surface area contributed by atoms with Gasteiger partial charge in [0, 0.05) is 21.8 Å². The van der Waals surface area contributed by atoms with E-state index in [-0.39, 0.29) is 11.5 Å². The number of esters is 1. The monoisotopic (exact) mass is 359 g/mol. The maximum Gasteiger partial charge on any atom is 0.354 e. The largest absolute Gasteiger partial charge is 0.464 e. The molecule has 0 saturated heterocycles. The molecular weight excluding hydrogens is 346 g/mol. The number of rotatable bonds is 5. The van der Waals surface area contributed by atoms with Crippen molar-refractivity contribution in [1.29, 1.82) is 0 Å². The van der Waals surface area contributed by atoms with Crippen molar-refractivity contribution in [3.8, 4) is 0 Å². The van der Waals surface area contributed by atoms with Gasteiger partial charge < -0.3 is 10.1 Å². The Bertz CT molecular complexity index is 694. The molecule has 2 rings (SSSR count). The van der Waals surface area contributed by atoms with Crippen LogP contribution >= 0.6 is 15.9 Å². The second kappa shape index (κ2) is 7.56. The van der Waals surface area contributed by atoms with E-state index in [2.05, 4.69) is 21.2 Å². The van der Waals surface area contributed by atoms with Gasteiger partial charge >= 0.3 is 5.97 Å². The highest BCUT2D eigenvalue weighted by molar-refractivity contribution is 9.10. The number of hydrogen-bond acceptors (Lipinski definition) is 4. The molecule has 0 aliphatic heterocycles. The molecule has 2 aromatic carbocycles. The maximum atomic E-state index is 12.2. The first kappa shape index (κ1) is 16.0. The molecule has 2 aromatic rings. The van der Waals surface area contributed by atoms with E-state index in [0.29, 0.717) is 11.3 Å². The minimum atomic E-state index is -0.602. The fourth-order valence-electron chi connectivity index (χ4n) is 1.76. The van der Waals surface area contributed by atoms with Gasteiger partial charge in [-0.15, -0.1) is 0 Å². The zero-order chi connectivity index (χ0) is 15.9. The Morgan fingerprint density at radius 3 is 2.27 bits per heavy atom. The molecule has 0 aliphatic carbocycles. The van der Waals surface area contributed by atoms with Crippen LogP contribution in [-0.2, 0) is 9.53 Å². The fraction of sp³-hybridized carbons (Fsp3) is 0.0588. The minimum absolute atomic E-state index is 0.0848. The van der Waals surface area contributed by atoms with Crippen molar-refractivity contribution in [3.63, 3.8) is 0 Å². The Morgan fingerprint density at radius 2 is 1.68 bits per heavy atom. The Hall–Kier alpha value is -2.40. The van der Waals surface area contributed by atoms with E-state index in [1.165, 1.54) is 13.2 Å². The van der Waals surface area contributed by atoms with Crippen molar-refractivity contribution in [1.82, 2.24) is 0 Å². The van der Waals surface area contributed by atoms with Gasteiger partial charge in [-0.05, 0) is 36.4 Å². The summed E-state index contributed by atoms with van der Waals surface area (Å²) in [7, 11) is 1.27. The predicted octanol–water partition coefficient (Wildman–Crippen LogP) is 3.80. The molecule has 112 valence electrons. The van der Waals surface area contributed by atoms with Crippen LogP contribution in [0.1, 0.15) is 10.4 Å². The van der Waals surface area contributed by atoms with Crippen molar-refractivity contribution in [2.45, 2.75) is 0 Å². The van der Waals surface area contributed by atoms with E-state index in [4.69, 9.17) is 4.74 Å². The van der Waals surface area contributed by atoms with Gasteiger partial charge in [0.15, 0.2) is 5.78 Å². The molecule has 0 amide bonds. The number of carbonyl (C=O) groups is 2. The number of allylic oxidation sites excluding steroid dienone is 1. The highest BCUT2D eigenvalue weighted by atomic mass is 79.9. The molecule has 0 unspecified atom stereocenters. The van der Waals surface area contributed by atoms with Crippen molar-refractivity contribution in [2.75, 3.05) is 12.4 Å². The van der Waals surface area contributed by atoms with Gasteiger partial charge in [-0.1, -0.05) is 34.1 Å². The molecule has 0 fully saturated rings. The number of para-hydroxylation sites is 1. The molecule has 0 aliphatic rings. The second-order valence-electron chi connectivity index (χ2n) is 4.41. The number of nitrogens with one attached hydrogen (secondary N) is 1. The van der Waals surface area contributed by atoms with E-state index in [1.54, 1.807) is 36.4 Å². The molecule has 5 heteroatoms. The lowest BCUT2D eigenvalue weighted by molar-refractivity contribution is -0.135. The maximum absolute atomic E-state index is 12.2. The van der Waals surface area contributed by atoms with Crippen LogP contribution in [0.2, 0.25) is 0 Å². The summed E-state index contributed by atoms with van der Waals surface area (Å²) in [4.78, 5) is 24.1. The number of halogens is 1. The van der Waals surface area contributed by atoms with E-state index in [1.807, 2.05) is 18.2 Å². The standard InChI is InChI=1S/C17H14BrNO3/c1-22-17(21)15(19-14-5-3-2-4-6-14)11-16(20)12-7-9-13(18)10-8-12/h2-11,19H,1H3/b15-11-. The average molecular weight is 360 g/mol. The van der Waals surface area contributed by atoms with Crippen molar-refractivity contribution < 1.29 is 14.3 Å². The minimum Gasteiger partial charge on any atom is -0.464 e. The Labute approximate surface area is 136 Å². The molecule has 0 aromatic heterocycles. The fourth-order valence-corrected chi connectivity index (χ4v) is 2.03. The lowest BCUT2D eigenvalue weighted by Crippen LogP contribution is -2.15. The van der Waals surface area contributed by atoms with Gasteiger partial charge in [0.2, 0.25) is 0 Å². The van der Waals surface area contributed by atoms with Crippen LogP contribution in [0.5, 0.6) is 0 Å². The normalized spacial score (nSPS) is 10.9. The second-order valence-corrected chi connectivity index (χ2v) is 5.33. The Balaban J connectivity index is 2.26. The molecule has 1 N–H and O–H groups in total. The zero-order valence-corrected chi connectivity index (χ0v) is 13.5. The van der Waals surface area contributed by atoms with Crippen LogP contribution < -0.4 is 5.32 Å². The van der Waals surface area contributed by atoms with Gasteiger partial charge in [0.25, 0.3) is 0 Å². The van der Waals surface area contributed by atoms with Gasteiger partial charge in [-0.2, -0.15) is 0 Å². The number of ether oxygens (including phenoxy) is 1. The molecule has 22 heavy (non-hydrogen) atoms. The summed E-state index contributed by atoms with van der Waals surface area (Å²) in [5.74, 6) is -0.884. The summed E-state index contributed by atoms with van der Waals surface area (Å²) >= 11 is 3.31. The van der Waals surface area contributed by atoms with E-state index in [9.17, 15) is 9.59 Å². The van der Waals surface area contributed by atoms with Crippen LogP contribution in [0.3, 0.4) is 0 Å². The van der Waals surface area contributed by atoms with Gasteiger partial charge in [-0.3, -0.25) is 4.79 Å². The topological polar surface area (TPSA) is 55.4 Å². The van der Waals surface area contributed by atoms with Gasteiger partial charge in [0.1, 0.15) is 5.70 Å². The van der Waals surface area contributed by atoms with Crippen LogP contribution in [0.25, 0.3) is 0 Å². The number of methoxy groups -OCH3 is 1. The van der Waals surface area contributed by atoms with Crippen molar-refractivity contribution in [3.05, 3.63) is 76.4 Å². The van der Waals surface area contributed by atoms with E-state index >= 15 is 0 Å². The van der Waals surface area contributed by atoms with Crippen LogP contribution in [-0.4, -0.2) is 18.9 Å². The summed E-state index contributed by atoms with van der Waals surface area (Å²) in [6, 6.07) is 16.0. The van der Waals surface area contributed by atoms with Crippen molar-refractivity contribution >= 4 is 33.4 Å². The first-order valence-electron chi connectivity index (χ1n) is 6.52.